The minimum Gasteiger partial charge on any atom is -0.497 e. The van der Waals surface area contributed by atoms with Gasteiger partial charge in [-0.15, -0.1) is 0 Å². The lowest BCUT2D eigenvalue weighted by Crippen LogP contribution is -1.93. The van der Waals surface area contributed by atoms with E-state index in [9.17, 15) is 0 Å². The Morgan fingerprint density at radius 1 is 1.00 bits per heavy atom. The van der Waals surface area contributed by atoms with Gasteiger partial charge in [0.25, 0.3) is 0 Å². The smallest absolute Gasteiger partial charge is 0.119 e. The third kappa shape index (κ3) is 2.28. The second kappa shape index (κ2) is 4.93. The Bertz CT molecular complexity index is 677. The zero-order valence-corrected chi connectivity index (χ0v) is 11.4. The number of ether oxygens (including phenoxy) is 1. The second-order valence-corrected chi connectivity index (χ2v) is 5.10. The van der Waals surface area contributed by atoms with Crippen LogP contribution in [0.25, 0.3) is 16.3 Å². The molecule has 0 saturated carbocycles. The molecule has 0 radical (unpaired) electrons. The lowest BCUT2D eigenvalue weighted by molar-refractivity contribution is 0.415. The predicted octanol–water partition coefficient (Wildman–Crippen LogP) is 4.97. The van der Waals surface area contributed by atoms with Crippen molar-refractivity contribution in [3.63, 3.8) is 0 Å². The highest BCUT2D eigenvalue weighted by molar-refractivity contribution is 5.95. The van der Waals surface area contributed by atoms with Crippen LogP contribution in [0.4, 0.5) is 0 Å². The molecular formula is C18H18O. The van der Waals surface area contributed by atoms with Gasteiger partial charge in [0, 0.05) is 0 Å². The SMILES string of the molecule is COc1ccc2cccc(C3=CC=C(C)CC3)c2c1. The largest absolute Gasteiger partial charge is 0.497 e. The van der Waals surface area contributed by atoms with Gasteiger partial charge in [0.2, 0.25) is 0 Å². The van der Waals surface area contributed by atoms with Crippen LogP contribution >= 0.6 is 0 Å². The van der Waals surface area contributed by atoms with Gasteiger partial charge in [-0.25, -0.2) is 0 Å². The molecule has 0 heterocycles. The van der Waals surface area contributed by atoms with Crippen LogP contribution in [0.1, 0.15) is 25.3 Å². The number of fused-ring (bicyclic) bond motifs is 1. The lowest BCUT2D eigenvalue weighted by Gasteiger charge is -2.15. The zero-order chi connectivity index (χ0) is 13.2. The minimum absolute atomic E-state index is 0.920. The molecule has 0 N–H and O–H groups in total. The first kappa shape index (κ1) is 12.0. The van der Waals surface area contributed by atoms with Crippen LogP contribution in [0.2, 0.25) is 0 Å². The molecule has 0 bridgehead atoms. The molecule has 1 heteroatoms. The molecule has 96 valence electrons. The molecule has 2 aromatic carbocycles. The molecule has 1 nitrogen and oxygen atoms in total. The van der Waals surface area contributed by atoms with Crippen molar-refractivity contribution in [2.75, 3.05) is 7.11 Å². The van der Waals surface area contributed by atoms with Gasteiger partial charge < -0.3 is 4.74 Å². The molecular weight excluding hydrogens is 232 g/mol. The molecule has 3 rings (SSSR count). The van der Waals surface area contributed by atoms with Crippen molar-refractivity contribution < 1.29 is 4.74 Å². The summed E-state index contributed by atoms with van der Waals surface area (Å²) in [7, 11) is 1.72. The fourth-order valence-electron chi connectivity index (χ4n) is 2.62. The molecule has 1 aliphatic rings. The summed E-state index contributed by atoms with van der Waals surface area (Å²) in [4.78, 5) is 0. The number of hydrogen-bond donors (Lipinski definition) is 0. The minimum atomic E-state index is 0.920. The van der Waals surface area contributed by atoms with Gasteiger partial charge in [-0.1, -0.05) is 42.0 Å². The van der Waals surface area contributed by atoms with Gasteiger partial charge in [0.1, 0.15) is 5.75 Å². The van der Waals surface area contributed by atoms with Crippen molar-refractivity contribution in [3.05, 3.63) is 59.7 Å². The van der Waals surface area contributed by atoms with Crippen molar-refractivity contribution in [3.8, 4) is 5.75 Å². The Morgan fingerprint density at radius 3 is 2.63 bits per heavy atom. The van der Waals surface area contributed by atoms with Crippen LogP contribution in [0, 0.1) is 0 Å². The van der Waals surface area contributed by atoms with Crippen molar-refractivity contribution in [1.82, 2.24) is 0 Å². The number of benzene rings is 2. The maximum atomic E-state index is 5.35. The normalized spacial score (nSPS) is 15.1. The summed E-state index contributed by atoms with van der Waals surface area (Å²) in [5.74, 6) is 0.920. The van der Waals surface area contributed by atoms with E-state index in [0.717, 1.165) is 18.6 Å². The van der Waals surface area contributed by atoms with Gasteiger partial charge in [-0.2, -0.15) is 0 Å². The van der Waals surface area contributed by atoms with E-state index in [1.165, 1.54) is 27.5 Å². The lowest BCUT2D eigenvalue weighted by atomic mass is 9.91. The van der Waals surface area contributed by atoms with Gasteiger partial charge in [0.05, 0.1) is 7.11 Å². The maximum absolute atomic E-state index is 5.35. The van der Waals surface area contributed by atoms with Crippen molar-refractivity contribution in [2.45, 2.75) is 19.8 Å². The Morgan fingerprint density at radius 2 is 1.89 bits per heavy atom. The molecule has 19 heavy (non-hydrogen) atoms. The molecule has 0 atom stereocenters. The van der Waals surface area contributed by atoms with E-state index in [1.807, 2.05) is 6.07 Å². The van der Waals surface area contributed by atoms with E-state index in [-0.39, 0.29) is 0 Å². The van der Waals surface area contributed by atoms with E-state index in [4.69, 9.17) is 4.74 Å². The van der Waals surface area contributed by atoms with Crippen LogP contribution in [0.15, 0.2) is 54.1 Å². The Hall–Kier alpha value is -2.02. The van der Waals surface area contributed by atoms with Crippen molar-refractivity contribution in [1.29, 1.82) is 0 Å². The Kier molecular flexibility index (Phi) is 3.12. The molecule has 1 aliphatic carbocycles. The monoisotopic (exact) mass is 250 g/mol. The Labute approximate surface area is 114 Å². The number of hydrogen-bond acceptors (Lipinski definition) is 1. The summed E-state index contributed by atoms with van der Waals surface area (Å²) < 4.78 is 5.35. The molecule has 0 unspecified atom stereocenters. The highest BCUT2D eigenvalue weighted by Crippen LogP contribution is 2.33. The summed E-state index contributed by atoms with van der Waals surface area (Å²) >= 11 is 0. The molecule has 2 aromatic rings. The fraction of sp³-hybridized carbons (Fsp3) is 0.222. The molecule has 0 saturated heterocycles. The number of methoxy groups -OCH3 is 1. The van der Waals surface area contributed by atoms with Gasteiger partial charge in [-0.05, 0) is 53.8 Å². The highest BCUT2D eigenvalue weighted by Gasteiger charge is 2.09. The summed E-state index contributed by atoms with van der Waals surface area (Å²) in [6.07, 6.45) is 6.77. The van der Waals surface area contributed by atoms with E-state index < -0.39 is 0 Å². The van der Waals surface area contributed by atoms with E-state index >= 15 is 0 Å². The molecule has 0 aliphatic heterocycles. The summed E-state index contributed by atoms with van der Waals surface area (Å²) in [6, 6.07) is 12.8. The van der Waals surface area contributed by atoms with Gasteiger partial charge >= 0.3 is 0 Å². The van der Waals surface area contributed by atoms with Gasteiger partial charge in [-0.3, -0.25) is 0 Å². The average Bonchev–Trinajstić information content (AvgIpc) is 2.47. The Balaban J connectivity index is 2.18. The van der Waals surface area contributed by atoms with Crippen molar-refractivity contribution in [2.24, 2.45) is 0 Å². The fourth-order valence-corrected chi connectivity index (χ4v) is 2.62. The topological polar surface area (TPSA) is 9.23 Å². The third-order valence-electron chi connectivity index (χ3n) is 3.79. The predicted molar refractivity (Wildman–Crippen MR) is 81.5 cm³/mol. The van der Waals surface area contributed by atoms with Gasteiger partial charge in [0.15, 0.2) is 0 Å². The van der Waals surface area contributed by atoms with E-state index in [2.05, 4.69) is 49.4 Å². The molecule has 0 spiro atoms. The van der Waals surface area contributed by atoms with Crippen LogP contribution in [-0.2, 0) is 0 Å². The molecule has 0 fully saturated rings. The molecule has 0 aromatic heterocycles. The first-order chi connectivity index (χ1) is 9.28. The summed E-state index contributed by atoms with van der Waals surface area (Å²) in [6.45, 7) is 2.19. The first-order valence-electron chi connectivity index (χ1n) is 6.71. The number of allylic oxidation sites excluding steroid dienone is 4. The number of rotatable bonds is 2. The van der Waals surface area contributed by atoms with Crippen LogP contribution < -0.4 is 4.74 Å². The standard InChI is InChI=1S/C18H18O/c1-13-6-8-15(9-7-13)17-5-3-4-14-10-11-16(19-2)12-18(14)17/h3-6,8,10-12H,7,9H2,1-2H3. The van der Waals surface area contributed by atoms with Crippen LogP contribution in [0.5, 0.6) is 5.75 Å². The highest BCUT2D eigenvalue weighted by atomic mass is 16.5. The summed E-state index contributed by atoms with van der Waals surface area (Å²) in [5, 5.41) is 2.55. The summed E-state index contributed by atoms with van der Waals surface area (Å²) in [5.41, 5.74) is 4.21. The first-order valence-corrected chi connectivity index (χ1v) is 6.71. The quantitative estimate of drug-likeness (QED) is 0.731. The van der Waals surface area contributed by atoms with Crippen molar-refractivity contribution >= 4 is 16.3 Å². The third-order valence-corrected chi connectivity index (χ3v) is 3.79. The van der Waals surface area contributed by atoms with E-state index in [0.29, 0.717) is 0 Å². The second-order valence-electron chi connectivity index (χ2n) is 5.10. The molecule has 0 amide bonds. The van der Waals surface area contributed by atoms with Crippen LogP contribution in [-0.4, -0.2) is 7.11 Å². The van der Waals surface area contributed by atoms with Crippen LogP contribution in [0.3, 0.4) is 0 Å². The average molecular weight is 250 g/mol. The zero-order valence-electron chi connectivity index (χ0n) is 11.4. The maximum Gasteiger partial charge on any atom is 0.119 e. The van der Waals surface area contributed by atoms with E-state index in [1.54, 1.807) is 7.11 Å².